The predicted molar refractivity (Wildman–Crippen MR) is 99.6 cm³/mol. The van der Waals surface area contributed by atoms with Crippen LogP contribution in [0.2, 0.25) is 0 Å². The number of methoxy groups -OCH3 is 1. The summed E-state index contributed by atoms with van der Waals surface area (Å²) in [5.74, 6) is 2.78. The zero-order valence-electron chi connectivity index (χ0n) is 14.4. The van der Waals surface area contributed by atoms with E-state index in [-0.39, 0.29) is 0 Å². The second-order valence-electron chi connectivity index (χ2n) is 4.91. The van der Waals surface area contributed by atoms with Gasteiger partial charge in [-0.05, 0) is 37.3 Å². The van der Waals surface area contributed by atoms with Crippen LogP contribution in [-0.4, -0.2) is 51.4 Å². The number of guanidine groups is 1. The van der Waals surface area contributed by atoms with Crippen molar-refractivity contribution in [3.8, 4) is 5.75 Å². The first kappa shape index (κ1) is 19.6. The molecule has 0 unspecified atom stereocenters. The molecule has 0 aromatic heterocycles. The summed E-state index contributed by atoms with van der Waals surface area (Å²) in [6.45, 7) is 5.96. The summed E-state index contributed by atoms with van der Waals surface area (Å²) in [7, 11) is 1.67. The zero-order chi connectivity index (χ0) is 16.8. The van der Waals surface area contributed by atoms with Crippen LogP contribution in [0.4, 0.5) is 0 Å². The van der Waals surface area contributed by atoms with E-state index in [2.05, 4.69) is 21.9 Å². The highest BCUT2D eigenvalue weighted by molar-refractivity contribution is 7.98. The van der Waals surface area contributed by atoms with E-state index >= 15 is 0 Å². The first-order valence-electron chi connectivity index (χ1n) is 8.02. The summed E-state index contributed by atoms with van der Waals surface area (Å²) < 4.78 is 10.5. The first-order chi connectivity index (χ1) is 11.3. The van der Waals surface area contributed by atoms with Crippen LogP contribution in [0, 0.1) is 0 Å². The normalized spacial score (nSPS) is 11.3. The Kier molecular flexibility index (Phi) is 11.2. The lowest BCUT2D eigenvalue weighted by Gasteiger charge is -2.12. The molecular formula is C17H29N3O2S. The van der Waals surface area contributed by atoms with Crippen molar-refractivity contribution >= 4 is 17.7 Å². The lowest BCUT2D eigenvalue weighted by Crippen LogP contribution is -2.39. The maximum absolute atomic E-state index is 5.35. The van der Waals surface area contributed by atoms with Gasteiger partial charge >= 0.3 is 0 Å². The summed E-state index contributed by atoms with van der Waals surface area (Å²) >= 11 is 1.82. The fourth-order valence-electron chi connectivity index (χ4n) is 1.87. The van der Waals surface area contributed by atoms with Crippen LogP contribution in [0.5, 0.6) is 5.75 Å². The molecule has 0 saturated heterocycles. The number of benzene rings is 1. The largest absolute Gasteiger partial charge is 0.497 e. The standard InChI is InChI=1S/C17H29N3O2S/c1-4-22-12-5-10-18-17(19-11-13-23-3)20-14-15-6-8-16(21-2)9-7-15/h6-9H,4-5,10-14H2,1-3H3,(H2,18,19,20). The molecule has 0 fully saturated rings. The van der Waals surface area contributed by atoms with Gasteiger partial charge in [0.25, 0.3) is 0 Å². The van der Waals surface area contributed by atoms with E-state index in [4.69, 9.17) is 9.47 Å². The minimum absolute atomic E-state index is 0.643. The van der Waals surface area contributed by atoms with Crippen LogP contribution in [0.25, 0.3) is 0 Å². The van der Waals surface area contributed by atoms with Crippen molar-refractivity contribution in [2.45, 2.75) is 19.9 Å². The molecule has 6 heteroatoms. The van der Waals surface area contributed by atoms with E-state index in [1.165, 1.54) is 0 Å². The Balaban J connectivity index is 2.47. The molecule has 0 saturated carbocycles. The van der Waals surface area contributed by atoms with Gasteiger partial charge < -0.3 is 20.1 Å². The minimum Gasteiger partial charge on any atom is -0.497 e. The smallest absolute Gasteiger partial charge is 0.191 e. The highest BCUT2D eigenvalue weighted by Crippen LogP contribution is 2.11. The molecule has 0 radical (unpaired) electrons. The van der Waals surface area contributed by atoms with Crippen LogP contribution in [0.1, 0.15) is 18.9 Å². The average Bonchev–Trinajstić information content (AvgIpc) is 2.59. The topological polar surface area (TPSA) is 54.9 Å². The summed E-state index contributed by atoms with van der Waals surface area (Å²) in [5.41, 5.74) is 1.16. The minimum atomic E-state index is 0.643. The summed E-state index contributed by atoms with van der Waals surface area (Å²) in [5, 5.41) is 6.71. The van der Waals surface area contributed by atoms with Crippen molar-refractivity contribution in [3.05, 3.63) is 29.8 Å². The number of thioether (sulfide) groups is 1. The SMILES string of the molecule is CCOCCCNC(=NCc1ccc(OC)cc1)NCCSC. The second kappa shape index (κ2) is 13.1. The number of hydrogen-bond acceptors (Lipinski definition) is 4. The lowest BCUT2D eigenvalue weighted by atomic mass is 10.2. The lowest BCUT2D eigenvalue weighted by molar-refractivity contribution is 0.145. The van der Waals surface area contributed by atoms with Crippen LogP contribution >= 0.6 is 11.8 Å². The first-order valence-corrected chi connectivity index (χ1v) is 9.41. The molecule has 130 valence electrons. The Morgan fingerprint density at radius 1 is 1.17 bits per heavy atom. The van der Waals surface area contributed by atoms with Crippen LogP contribution in [-0.2, 0) is 11.3 Å². The molecular weight excluding hydrogens is 310 g/mol. The monoisotopic (exact) mass is 339 g/mol. The Bertz CT molecular complexity index is 438. The van der Waals surface area contributed by atoms with Crippen molar-refractivity contribution in [3.63, 3.8) is 0 Å². The van der Waals surface area contributed by atoms with Gasteiger partial charge in [0.1, 0.15) is 5.75 Å². The Morgan fingerprint density at radius 3 is 2.57 bits per heavy atom. The molecule has 0 heterocycles. The van der Waals surface area contributed by atoms with Gasteiger partial charge in [-0.2, -0.15) is 11.8 Å². The van der Waals surface area contributed by atoms with Crippen molar-refractivity contribution in [2.24, 2.45) is 4.99 Å². The molecule has 1 aromatic carbocycles. The van der Waals surface area contributed by atoms with Gasteiger partial charge in [-0.1, -0.05) is 12.1 Å². The van der Waals surface area contributed by atoms with Gasteiger partial charge in [0.15, 0.2) is 5.96 Å². The second-order valence-corrected chi connectivity index (χ2v) is 5.90. The Morgan fingerprint density at radius 2 is 1.91 bits per heavy atom. The maximum atomic E-state index is 5.35. The molecule has 5 nitrogen and oxygen atoms in total. The highest BCUT2D eigenvalue weighted by atomic mass is 32.2. The molecule has 1 rings (SSSR count). The van der Waals surface area contributed by atoms with Gasteiger partial charge in [-0.25, -0.2) is 4.99 Å². The van der Waals surface area contributed by atoms with Crippen LogP contribution in [0.15, 0.2) is 29.3 Å². The van der Waals surface area contributed by atoms with Gasteiger partial charge in [0.05, 0.1) is 13.7 Å². The van der Waals surface area contributed by atoms with Crippen molar-refractivity contribution in [2.75, 3.05) is 45.4 Å². The van der Waals surface area contributed by atoms with Crippen molar-refractivity contribution in [1.29, 1.82) is 0 Å². The third kappa shape index (κ3) is 9.36. The summed E-state index contributed by atoms with van der Waals surface area (Å²) in [6, 6.07) is 8.00. The van der Waals surface area contributed by atoms with Crippen LogP contribution < -0.4 is 15.4 Å². The number of nitrogens with zero attached hydrogens (tertiary/aromatic N) is 1. The predicted octanol–water partition coefficient (Wildman–Crippen LogP) is 2.52. The van der Waals surface area contributed by atoms with Gasteiger partial charge in [-0.15, -0.1) is 0 Å². The molecule has 0 aliphatic rings. The van der Waals surface area contributed by atoms with E-state index in [1.807, 2.05) is 43.0 Å². The van der Waals surface area contributed by atoms with E-state index in [1.54, 1.807) is 7.11 Å². The average molecular weight is 340 g/mol. The quantitative estimate of drug-likeness (QED) is 0.369. The zero-order valence-corrected chi connectivity index (χ0v) is 15.2. The van der Waals surface area contributed by atoms with E-state index in [9.17, 15) is 0 Å². The fraction of sp³-hybridized carbons (Fsp3) is 0.588. The number of rotatable bonds is 11. The Hall–Kier alpha value is -1.40. The molecule has 0 spiro atoms. The molecule has 0 atom stereocenters. The third-order valence-corrected chi connectivity index (χ3v) is 3.75. The number of hydrogen-bond donors (Lipinski definition) is 2. The molecule has 0 aliphatic carbocycles. The summed E-state index contributed by atoms with van der Waals surface area (Å²) in [4.78, 5) is 4.64. The van der Waals surface area contributed by atoms with E-state index < -0.39 is 0 Å². The van der Waals surface area contributed by atoms with Gasteiger partial charge in [-0.3, -0.25) is 0 Å². The Labute approximate surface area is 144 Å². The molecule has 23 heavy (non-hydrogen) atoms. The van der Waals surface area contributed by atoms with Gasteiger partial charge in [0, 0.05) is 32.1 Å². The van der Waals surface area contributed by atoms with E-state index in [0.29, 0.717) is 6.54 Å². The van der Waals surface area contributed by atoms with Crippen molar-refractivity contribution < 1.29 is 9.47 Å². The van der Waals surface area contributed by atoms with Crippen LogP contribution in [0.3, 0.4) is 0 Å². The fourth-order valence-corrected chi connectivity index (χ4v) is 2.18. The number of aliphatic imine (C=N–C) groups is 1. The number of ether oxygens (including phenoxy) is 2. The van der Waals surface area contributed by atoms with Gasteiger partial charge in [0.2, 0.25) is 0 Å². The number of nitrogens with one attached hydrogen (secondary N) is 2. The maximum Gasteiger partial charge on any atom is 0.191 e. The molecule has 1 aromatic rings. The molecule has 2 N–H and O–H groups in total. The summed E-state index contributed by atoms with van der Waals surface area (Å²) in [6.07, 6.45) is 3.07. The third-order valence-electron chi connectivity index (χ3n) is 3.14. The van der Waals surface area contributed by atoms with Crippen molar-refractivity contribution in [1.82, 2.24) is 10.6 Å². The molecule has 0 amide bonds. The van der Waals surface area contributed by atoms with E-state index in [0.717, 1.165) is 55.7 Å². The molecule has 0 bridgehead atoms. The molecule has 0 aliphatic heterocycles. The highest BCUT2D eigenvalue weighted by Gasteiger charge is 1.99.